The molecule has 21 heavy (non-hydrogen) atoms. The van der Waals surface area contributed by atoms with Crippen molar-refractivity contribution < 1.29 is 13.2 Å². The van der Waals surface area contributed by atoms with Gasteiger partial charge in [0.25, 0.3) is 10.0 Å². The highest BCUT2D eigenvalue weighted by molar-refractivity contribution is 9.11. The van der Waals surface area contributed by atoms with Crippen molar-refractivity contribution in [1.29, 1.82) is 0 Å². The number of anilines is 1. The van der Waals surface area contributed by atoms with Crippen LogP contribution in [0.4, 0.5) is 5.69 Å². The van der Waals surface area contributed by atoms with Gasteiger partial charge < -0.3 is 4.74 Å². The Hall–Kier alpha value is -1.05. The van der Waals surface area contributed by atoms with E-state index in [1.54, 1.807) is 42.5 Å². The highest BCUT2D eigenvalue weighted by atomic mass is 79.9. The molecule has 2 rings (SSSR count). The average Bonchev–Trinajstić information content (AvgIpc) is 2.46. The summed E-state index contributed by atoms with van der Waals surface area (Å²) in [5.41, 5.74) is 0.481. The van der Waals surface area contributed by atoms with E-state index >= 15 is 0 Å². The molecular formula is C14H13Br2NO3S. The normalized spacial score (nSPS) is 11.2. The van der Waals surface area contributed by atoms with Gasteiger partial charge in [-0.1, -0.05) is 28.1 Å². The Morgan fingerprint density at radius 1 is 1.10 bits per heavy atom. The number of nitrogens with zero attached hydrogens (tertiary/aromatic N) is 1. The molecule has 0 radical (unpaired) electrons. The summed E-state index contributed by atoms with van der Waals surface area (Å²) in [5.74, 6) is 0.497. The third kappa shape index (κ3) is 3.25. The Bertz CT molecular complexity index is 763. The van der Waals surface area contributed by atoms with E-state index in [0.29, 0.717) is 15.9 Å². The van der Waals surface area contributed by atoms with E-state index in [-0.39, 0.29) is 4.90 Å². The predicted molar refractivity (Wildman–Crippen MR) is 90.4 cm³/mol. The molecule has 2 aromatic rings. The number of benzene rings is 2. The van der Waals surface area contributed by atoms with E-state index in [1.807, 2.05) is 0 Å². The fourth-order valence-electron chi connectivity index (χ4n) is 1.85. The molecule has 2 aromatic carbocycles. The highest BCUT2D eigenvalue weighted by Gasteiger charge is 2.25. The minimum absolute atomic E-state index is 0.194. The van der Waals surface area contributed by atoms with Crippen molar-refractivity contribution in [2.24, 2.45) is 0 Å². The predicted octanol–water partition coefficient (Wildman–Crippen LogP) is 4.05. The van der Waals surface area contributed by atoms with Crippen LogP contribution in [0.15, 0.2) is 56.3 Å². The van der Waals surface area contributed by atoms with Crippen LogP contribution in [0.1, 0.15) is 0 Å². The molecule has 0 unspecified atom stereocenters. The third-order valence-electron chi connectivity index (χ3n) is 2.96. The van der Waals surface area contributed by atoms with Crippen LogP contribution in [0.2, 0.25) is 0 Å². The number of sulfonamides is 1. The minimum Gasteiger partial charge on any atom is -0.495 e. The molecule has 0 aromatic heterocycles. The fourth-order valence-corrected chi connectivity index (χ4v) is 4.76. The smallest absolute Gasteiger partial charge is 0.265 e. The molecule has 0 aliphatic carbocycles. The molecule has 0 saturated carbocycles. The molecule has 0 bridgehead atoms. The first-order valence-corrected chi connectivity index (χ1v) is 8.97. The van der Waals surface area contributed by atoms with Crippen LogP contribution in [0.5, 0.6) is 5.75 Å². The lowest BCUT2D eigenvalue weighted by Gasteiger charge is -2.22. The molecule has 0 aliphatic heterocycles. The van der Waals surface area contributed by atoms with Crippen LogP contribution in [0, 0.1) is 0 Å². The zero-order valence-electron chi connectivity index (χ0n) is 11.4. The van der Waals surface area contributed by atoms with Gasteiger partial charge in [0.2, 0.25) is 0 Å². The largest absolute Gasteiger partial charge is 0.495 e. The second-order valence-corrected chi connectivity index (χ2v) is 7.93. The van der Waals surface area contributed by atoms with Crippen molar-refractivity contribution >= 4 is 47.6 Å². The second kappa shape index (κ2) is 6.37. The number of hydrogen-bond donors (Lipinski definition) is 0. The number of para-hydroxylation sites is 2. The zero-order chi connectivity index (χ0) is 15.6. The number of rotatable bonds is 4. The number of hydrogen-bond acceptors (Lipinski definition) is 3. The maximum Gasteiger partial charge on any atom is 0.265 e. The summed E-state index contributed by atoms with van der Waals surface area (Å²) in [4.78, 5) is 0.194. The maximum absolute atomic E-state index is 12.8. The Morgan fingerprint density at radius 2 is 1.76 bits per heavy atom. The van der Waals surface area contributed by atoms with Crippen molar-refractivity contribution in [2.75, 3.05) is 18.5 Å². The van der Waals surface area contributed by atoms with Gasteiger partial charge in [0.1, 0.15) is 10.6 Å². The monoisotopic (exact) mass is 433 g/mol. The highest BCUT2D eigenvalue weighted by Crippen LogP contribution is 2.33. The second-order valence-electron chi connectivity index (χ2n) is 4.22. The summed E-state index contributed by atoms with van der Waals surface area (Å²) in [6.07, 6.45) is 0. The van der Waals surface area contributed by atoms with E-state index < -0.39 is 10.0 Å². The molecule has 0 aliphatic rings. The first kappa shape index (κ1) is 16.3. The third-order valence-corrected chi connectivity index (χ3v) is 6.20. The molecule has 0 heterocycles. The summed E-state index contributed by atoms with van der Waals surface area (Å²) >= 11 is 6.60. The molecule has 0 saturated heterocycles. The van der Waals surface area contributed by atoms with Crippen LogP contribution in [0.3, 0.4) is 0 Å². The van der Waals surface area contributed by atoms with Gasteiger partial charge >= 0.3 is 0 Å². The molecular weight excluding hydrogens is 422 g/mol. The van der Waals surface area contributed by atoms with Crippen molar-refractivity contribution in [1.82, 2.24) is 0 Å². The van der Waals surface area contributed by atoms with Gasteiger partial charge in [-0.25, -0.2) is 8.42 Å². The summed E-state index contributed by atoms with van der Waals surface area (Å²) in [5, 5.41) is 0. The van der Waals surface area contributed by atoms with E-state index in [4.69, 9.17) is 4.74 Å². The lowest BCUT2D eigenvalue weighted by atomic mass is 10.3. The summed E-state index contributed by atoms with van der Waals surface area (Å²) < 4.78 is 33.2. The first-order chi connectivity index (χ1) is 9.87. The lowest BCUT2D eigenvalue weighted by Crippen LogP contribution is -2.27. The Kier molecular flexibility index (Phi) is 4.95. The van der Waals surface area contributed by atoms with E-state index in [1.165, 1.54) is 18.5 Å². The first-order valence-electron chi connectivity index (χ1n) is 5.95. The van der Waals surface area contributed by atoms with Gasteiger partial charge in [-0.15, -0.1) is 0 Å². The van der Waals surface area contributed by atoms with Gasteiger partial charge in [0.05, 0.1) is 12.8 Å². The molecule has 112 valence electrons. The van der Waals surface area contributed by atoms with Crippen molar-refractivity contribution in [3.8, 4) is 5.75 Å². The van der Waals surface area contributed by atoms with Crippen LogP contribution in [0.25, 0.3) is 0 Å². The molecule has 0 amide bonds. The number of ether oxygens (including phenoxy) is 1. The topological polar surface area (TPSA) is 46.6 Å². The van der Waals surface area contributed by atoms with Crippen LogP contribution in [-0.2, 0) is 10.0 Å². The number of methoxy groups -OCH3 is 1. The van der Waals surface area contributed by atoms with Crippen LogP contribution >= 0.6 is 31.9 Å². The van der Waals surface area contributed by atoms with Gasteiger partial charge in [-0.05, 0) is 46.3 Å². The van der Waals surface area contributed by atoms with E-state index in [0.717, 1.165) is 4.47 Å². The summed E-state index contributed by atoms with van der Waals surface area (Å²) in [6, 6.07) is 11.9. The van der Waals surface area contributed by atoms with E-state index in [2.05, 4.69) is 31.9 Å². The molecule has 0 atom stereocenters. The van der Waals surface area contributed by atoms with Gasteiger partial charge in [-0.3, -0.25) is 4.31 Å². The van der Waals surface area contributed by atoms with Gasteiger partial charge in [-0.2, -0.15) is 0 Å². The summed E-state index contributed by atoms with van der Waals surface area (Å²) in [7, 11) is -0.676. The molecule has 0 fully saturated rings. The quantitative estimate of drug-likeness (QED) is 0.729. The molecule has 7 heteroatoms. The lowest BCUT2D eigenvalue weighted by molar-refractivity contribution is 0.416. The molecule has 0 spiro atoms. The van der Waals surface area contributed by atoms with Gasteiger partial charge in [0, 0.05) is 16.0 Å². The van der Waals surface area contributed by atoms with Crippen molar-refractivity contribution in [3.63, 3.8) is 0 Å². The average molecular weight is 435 g/mol. The Morgan fingerprint density at radius 3 is 2.38 bits per heavy atom. The SMILES string of the molecule is COc1ccccc1N(C)S(=O)(=O)c1ccc(Br)cc1Br. The van der Waals surface area contributed by atoms with Crippen molar-refractivity contribution in [2.45, 2.75) is 4.90 Å². The van der Waals surface area contributed by atoms with E-state index in [9.17, 15) is 8.42 Å². The van der Waals surface area contributed by atoms with Crippen LogP contribution < -0.4 is 9.04 Å². The molecule has 0 N–H and O–H groups in total. The molecule has 4 nitrogen and oxygen atoms in total. The van der Waals surface area contributed by atoms with Crippen molar-refractivity contribution in [3.05, 3.63) is 51.4 Å². The Balaban J connectivity index is 2.53. The maximum atomic E-state index is 12.8. The number of halogens is 2. The van der Waals surface area contributed by atoms with Gasteiger partial charge in [0.15, 0.2) is 0 Å². The Labute approximate surface area is 141 Å². The standard InChI is InChI=1S/C14H13Br2NO3S/c1-17(12-5-3-4-6-13(12)20-2)21(18,19)14-8-7-10(15)9-11(14)16/h3-9H,1-2H3. The zero-order valence-corrected chi connectivity index (χ0v) is 15.4. The van der Waals surface area contributed by atoms with Crippen LogP contribution in [-0.4, -0.2) is 22.6 Å². The minimum atomic E-state index is -3.69. The summed E-state index contributed by atoms with van der Waals surface area (Å²) in [6.45, 7) is 0. The fraction of sp³-hybridized carbons (Fsp3) is 0.143.